The van der Waals surface area contributed by atoms with Crippen LogP contribution in [0.3, 0.4) is 0 Å². The molecule has 0 radical (unpaired) electrons. The number of halogens is 1. The SMILES string of the molecule is COc1ccc(C(O)=C2C(=O)C(=O)N(CCCN(C)C)[C@@H]2c2ccc(Cl)cc2)cc1. The number of likely N-dealkylation sites (tertiary alicyclic amines) is 1. The molecular weight excluding hydrogens is 404 g/mol. The Hall–Kier alpha value is -2.83. The molecule has 0 saturated carbocycles. The molecule has 0 aromatic heterocycles. The second-order valence-electron chi connectivity index (χ2n) is 7.43. The van der Waals surface area contributed by atoms with Crippen molar-refractivity contribution in [2.75, 3.05) is 34.3 Å². The lowest BCUT2D eigenvalue weighted by Crippen LogP contribution is -2.32. The third-order valence-corrected chi connectivity index (χ3v) is 5.35. The first kappa shape index (κ1) is 21.9. The Kier molecular flexibility index (Phi) is 6.80. The number of Topliss-reactive ketones (excluding diaryl/α,β-unsaturated/α-hetero) is 1. The summed E-state index contributed by atoms with van der Waals surface area (Å²) in [5.41, 5.74) is 1.25. The van der Waals surface area contributed by atoms with Crippen LogP contribution in [0.4, 0.5) is 0 Å². The average molecular weight is 429 g/mol. The molecule has 0 spiro atoms. The van der Waals surface area contributed by atoms with Gasteiger partial charge in [-0.1, -0.05) is 23.7 Å². The van der Waals surface area contributed by atoms with Crippen LogP contribution in [-0.2, 0) is 9.59 Å². The monoisotopic (exact) mass is 428 g/mol. The summed E-state index contributed by atoms with van der Waals surface area (Å²) >= 11 is 6.03. The van der Waals surface area contributed by atoms with Crippen LogP contribution in [0, 0.1) is 0 Å². The number of carbonyl (C=O) groups excluding carboxylic acids is 2. The number of nitrogens with zero attached hydrogens (tertiary/aromatic N) is 2. The maximum atomic E-state index is 12.9. The number of ether oxygens (including phenoxy) is 1. The van der Waals surface area contributed by atoms with E-state index in [2.05, 4.69) is 0 Å². The summed E-state index contributed by atoms with van der Waals surface area (Å²) in [6.07, 6.45) is 0.701. The van der Waals surface area contributed by atoms with Crippen molar-refractivity contribution in [3.63, 3.8) is 0 Å². The molecule has 1 atom stereocenters. The maximum Gasteiger partial charge on any atom is 0.295 e. The first-order valence-electron chi connectivity index (χ1n) is 9.66. The van der Waals surface area contributed by atoms with Crippen LogP contribution in [0.5, 0.6) is 5.75 Å². The summed E-state index contributed by atoms with van der Waals surface area (Å²) in [7, 11) is 5.46. The summed E-state index contributed by atoms with van der Waals surface area (Å²) in [4.78, 5) is 29.3. The van der Waals surface area contributed by atoms with E-state index in [9.17, 15) is 14.7 Å². The number of aliphatic hydroxyl groups is 1. The molecule has 3 rings (SSSR count). The van der Waals surface area contributed by atoms with Gasteiger partial charge >= 0.3 is 0 Å². The molecule has 6 nitrogen and oxygen atoms in total. The van der Waals surface area contributed by atoms with Gasteiger partial charge in [-0.2, -0.15) is 0 Å². The molecule has 1 amide bonds. The van der Waals surface area contributed by atoms with E-state index < -0.39 is 17.7 Å². The average Bonchev–Trinajstić information content (AvgIpc) is 2.98. The number of rotatable bonds is 7. The quantitative estimate of drug-likeness (QED) is 0.413. The van der Waals surface area contributed by atoms with Gasteiger partial charge in [-0.15, -0.1) is 0 Å². The van der Waals surface area contributed by atoms with Crippen LogP contribution >= 0.6 is 11.6 Å². The number of carbonyl (C=O) groups is 2. The van der Waals surface area contributed by atoms with E-state index in [1.165, 1.54) is 4.90 Å². The van der Waals surface area contributed by atoms with Crippen LogP contribution in [0.25, 0.3) is 5.76 Å². The standard InChI is InChI=1S/C23H25ClN2O4/c1-25(2)13-4-14-26-20(15-5-9-17(24)10-6-15)19(22(28)23(26)29)21(27)16-7-11-18(30-3)12-8-16/h5-12,20,27H,4,13-14H2,1-3H3/t20-/m1/s1. The Bertz CT molecular complexity index is 952. The van der Waals surface area contributed by atoms with Gasteiger partial charge in [0.2, 0.25) is 0 Å². The summed E-state index contributed by atoms with van der Waals surface area (Å²) < 4.78 is 5.15. The van der Waals surface area contributed by atoms with Crippen molar-refractivity contribution in [3.8, 4) is 5.75 Å². The predicted molar refractivity (Wildman–Crippen MR) is 117 cm³/mol. The molecule has 1 fully saturated rings. The lowest BCUT2D eigenvalue weighted by Gasteiger charge is -2.26. The highest BCUT2D eigenvalue weighted by molar-refractivity contribution is 6.46. The van der Waals surface area contributed by atoms with Crippen molar-refractivity contribution in [3.05, 3.63) is 70.3 Å². The second kappa shape index (κ2) is 9.32. The zero-order chi connectivity index (χ0) is 21.8. The minimum Gasteiger partial charge on any atom is -0.507 e. The van der Waals surface area contributed by atoms with Gasteiger partial charge in [0.15, 0.2) is 0 Å². The number of benzene rings is 2. The largest absolute Gasteiger partial charge is 0.507 e. The van der Waals surface area contributed by atoms with E-state index in [-0.39, 0.29) is 11.3 Å². The predicted octanol–water partition coefficient (Wildman–Crippen LogP) is 3.72. The fourth-order valence-corrected chi connectivity index (χ4v) is 3.69. The zero-order valence-electron chi connectivity index (χ0n) is 17.3. The minimum atomic E-state index is -0.687. The first-order valence-corrected chi connectivity index (χ1v) is 10.0. The summed E-state index contributed by atoms with van der Waals surface area (Å²) in [5.74, 6) is -0.868. The van der Waals surface area contributed by atoms with E-state index in [4.69, 9.17) is 16.3 Å². The molecule has 7 heteroatoms. The van der Waals surface area contributed by atoms with E-state index in [0.29, 0.717) is 29.3 Å². The van der Waals surface area contributed by atoms with Crippen molar-refractivity contribution in [2.45, 2.75) is 12.5 Å². The Morgan fingerprint density at radius 1 is 1.10 bits per heavy atom. The smallest absolute Gasteiger partial charge is 0.295 e. The highest BCUT2D eigenvalue weighted by Gasteiger charge is 2.45. The number of amides is 1. The third kappa shape index (κ3) is 4.50. The summed E-state index contributed by atoms with van der Waals surface area (Å²) in [6.45, 7) is 1.17. The number of hydrogen-bond donors (Lipinski definition) is 1. The van der Waals surface area contributed by atoms with Crippen LogP contribution in [0.2, 0.25) is 5.02 Å². The van der Waals surface area contributed by atoms with Gasteiger partial charge in [0, 0.05) is 17.1 Å². The molecule has 30 heavy (non-hydrogen) atoms. The van der Waals surface area contributed by atoms with Crippen LogP contribution in [0.1, 0.15) is 23.6 Å². The van der Waals surface area contributed by atoms with Crippen molar-refractivity contribution >= 4 is 29.1 Å². The van der Waals surface area contributed by atoms with Gasteiger partial charge in [-0.05, 0) is 69.0 Å². The highest BCUT2D eigenvalue weighted by Crippen LogP contribution is 2.39. The lowest BCUT2D eigenvalue weighted by molar-refractivity contribution is -0.139. The molecule has 1 N–H and O–H groups in total. The Balaban J connectivity index is 2.06. The second-order valence-corrected chi connectivity index (χ2v) is 7.87. The van der Waals surface area contributed by atoms with E-state index in [1.807, 2.05) is 19.0 Å². The van der Waals surface area contributed by atoms with Crippen molar-refractivity contribution in [1.82, 2.24) is 9.80 Å². The van der Waals surface area contributed by atoms with E-state index >= 15 is 0 Å². The fourth-order valence-electron chi connectivity index (χ4n) is 3.56. The molecular formula is C23H25ClN2O4. The number of methoxy groups -OCH3 is 1. The van der Waals surface area contributed by atoms with Crippen molar-refractivity contribution in [2.24, 2.45) is 0 Å². The number of ketones is 1. The van der Waals surface area contributed by atoms with Crippen LogP contribution < -0.4 is 4.74 Å². The van der Waals surface area contributed by atoms with E-state index in [0.717, 1.165) is 12.1 Å². The Labute approximate surface area is 181 Å². The summed E-state index contributed by atoms with van der Waals surface area (Å²) in [6, 6.07) is 13.0. The normalized spacial score (nSPS) is 18.3. The van der Waals surface area contributed by atoms with Crippen LogP contribution in [0.15, 0.2) is 54.1 Å². The van der Waals surface area contributed by atoms with Gasteiger partial charge in [0.1, 0.15) is 11.5 Å². The van der Waals surface area contributed by atoms with Crippen LogP contribution in [-0.4, -0.2) is 60.9 Å². The van der Waals surface area contributed by atoms with Crippen molar-refractivity contribution < 1.29 is 19.4 Å². The lowest BCUT2D eigenvalue weighted by atomic mass is 9.95. The molecule has 0 unspecified atom stereocenters. The Morgan fingerprint density at radius 3 is 2.30 bits per heavy atom. The van der Waals surface area contributed by atoms with Gasteiger partial charge in [0.25, 0.3) is 11.7 Å². The van der Waals surface area contributed by atoms with Gasteiger partial charge in [-0.3, -0.25) is 9.59 Å². The van der Waals surface area contributed by atoms with Gasteiger partial charge in [-0.25, -0.2) is 0 Å². The maximum absolute atomic E-state index is 12.9. The molecule has 158 valence electrons. The topological polar surface area (TPSA) is 70.1 Å². The number of hydrogen-bond acceptors (Lipinski definition) is 5. The fraction of sp³-hybridized carbons (Fsp3) is 0.304. The minimum absolute atomic E-state index is 0.0809. The van der Waals surface area contributed by atoms with Gasteiger partial charge < -0.3 is 19.6 Å². The molecule has 0 aliphatic carbocycles. The van der Waals surface area contributed by atoms with Crippen molar-refractivity contribution in [1.29, 1.82) is 0 Å². The molecule has 1 heterocycles. The number of aliphatic hydroxyl groups excluding tert-OH is 1. The molecule has 1 aliphatic heterocycles. The molecule has 1 saturated heterocycles. The third-order valence-electron chi connectivity index (χ3n) is 5.09. The first-order chi connectivity index (χ1) is 14.3. The van der Waals surface area contributed by atoms with Gasteiger partial charge in [0.05, 0.1) is 18.7 Å². The van der Waals surface area contributed by atoms with E-state index in [1.54, 1.807) is 55.6 Å². The highest BCUT2D eigenvalue weighted by atomic mass is 35.5. The molecule has 1 aliphatic rings. The molecule has 0 bridgehead atoms. The molecule has 2 aromatic rings. The molecule has 2 aromatic carbocycles. The Morgan fingerprint density at radius 2 is 1.73 bits per heavy atom. The summed E-state index contributed by atoms with van der Waals surface area (Å²) in [5, 5.41) is 11.5. The zero-order valence-corrected chi connectivity index (χ0v) is 18.0.